The highest BCUT2D eigenvalue weighted by Gasteiger charge is 2.10. The lowest BCUT2D eigenvalue weighted by Gasteiger charge is -2.10. The molecule has 3 rings (SSSR count). The van der Waals surface area contributed by atoms with Crippen molar-refractivity contribution < 1.29 is 4.39 Å². The number of halogens is 2. The third-order valence-electron chi connectivity index (χ3n) is 3.04. The van der Waals surface area contributed by atoms with E-state index in [-0.39, 0.29) is 5.82 Å². The van der Waals surface area contributed by atoms with Crippen molar-refractivity contribution in [2.24, 2.45) is 0 Å². The lowest BCUT2D eigenvalue weighted by Crippen LogP contribution is -2.02. The zero-order chi connectivity index (χ0) is 14.8. The van der Waals surface area contributed by atoms with Gasteiger partial charge in [-0.25, -0.2) is 9.37 Å². The van der Waals surface area contributed by atoms with Gasteiger partial charge in [0.25, 0.3) is 0 Å². The number of nitrogens with zero attached hydrogens (tertiary/aromatic N) is 2. The van der Waals surface area contributed by atoms with E-state index in [4.69, 9.17) is 0 Å². The van der Waals surface area contributed by atoms with Crippen LogP contribution in [0.5, 0.6) is 0 Å². The quantitative estimate of drug-likeness (QED) is 0.736. The molecule has 0 aliphatic heterocycles. The molecule has 1 aromatic heterocycles. The molecule has 0 saturated heterocycles. The predicted molar refractivity (Wildman–Crippen MR) is 85.7 cm³/mol. The second-order valence-corrected chi connectivity index (χ2v) is 5.58. The number of rotatable bonds is 3. The van der Waals surface area contributed by atoms with Crippen LogP contribution in [0, 0.1) is 12.7 Å². The summed E-state index contributed by atoms with van der Waals surface area (Å²) in [4.78, 5) is 4.42. The van der Waals surface area contributed by atoms with E-state index in [1.807, 2.05) is 48.0 Å². The molecule has 0 aliphatic rings. The molecule has 0 amide bonds. The van der Waals surface area contributed by atoms with Crippen molar-refractivity contribution in [3.8, 4) is 5.69 Å². The largest absolute Gasteiger partial charge is 0.323 e. The number of hydrogen-bond donors (Lipinski definition) is 1. The van der Waals surface area contributed by atoms with E-state index >= 15 is 0 Å². The number of aromatic nitrogens is 2. The van der Waals surface area contributed by atoms with Crippen LogP contribution in [-0.4, -0.2) is 9.55 Å². The minimum Gasteiger partial charge on any atom is -0.323 e. The maximum Gasteiger partial charge on any atom is 0.212 e. The van der Waals surface area contributed by atoms with Crippen LogP contribution in [0.25, 0.3) is 5.69 Å². The summed E-state index contributed by atoms with van der Waals surface area (Å²) in [7, 11) is 0. The van der Waals surface area contributed by atoms with Gasteiger partial charge in [-0.3, -0.25) is 4.57 Å². The van der Waals surface area contributed by atoms with E-state index in [0.717, 1.165) is 15.9 Å². The first-order valence-electron chi connectivity index (χ1n) is 6.47. The lowest BCUT2D eigenvalue weighted by molar-refractivity contribution is 0.631. The van der Waals surface area contributed by atoms with Gasteiger partial charge in [-0.1, -0.05) is 34.1 Å². The van der Waals surface area contributed by atoms with Crippen molar-refractivity contribution in [1.82, 2.24) is 9.55 Å². The number of para-hydroxylation sites is 1. The van der Waals surface area contributed by atoms with Gasteiger partial charge in [0.05, 0.1) is 11.4 Å². The van der Waals surface area contributed by atoms with Crippen molar-refractivity contribution in [3.05, 3.63) is 70.7 Å². The van der Waals surface area contributed by atoms with Crippen molar-refractivity contribution >= 4 is 27.6 Å². The zero-order valence-electron chi connectivity index (χ0n) is 11.3. The summed E-state index contributed by atoms with van der Waals surface area (Å²) in [6, 6.07) is 14.6. The van der Waals surface area contributed by atoms with E-state index in [1.165, 1.54) is 6.07 Å². The zero-order valence-corrected chi connectivity index (χ0v) is 12.9. The lowest BCUT2D eigenvalue weighted by atomic mass is 10.3. The molecule has 0 aliphatic carbocycles. The Morgan fingerprint density at radius 1 is 1.14 bits per heavy atom. The van der Waals surface area contributed by atoms with Gasteiger partial charge >= 0.3 is 0 Å². The van der Waals surface area contributed by atoms with Gasteiger partial charge in [0.1, 0.15) is 5.82 Å². The molecular weight excluding hydrogens is 333 g/mol. The Morgan fingerprint density at radius 3 is 2.67 bits per heavy atom. The van der Waals surface area contributed by atoms with Crippen LogP contribution in [0.15, 0.2) is 59.2 Å². The molecule has 3 aromatic rings. The highest BCUT2D eigenvalue weighted by Crippen LogP contribution is 2.25. The number of nitrogens with one attached hydrogen (secondary N) is 1. The van der Waals surface area contributed by atoms with Crippen molar-refractivity contribution in [2.45, 2.75) is 6.92 Å². The fraction of sp³-hybridized carbons (Fsp3) is 0.0625. The first-order chi connectivity index (χ1) is 10.1. The minimum atomic E-state index is -0.321. The highest BCUT2D eigenvalue weighted by molar-refractivity contribution is 9.10. The molecule has 0 atom stereocenters. The summed E-state index contributed by atoms with van der Waals surface area (Å²) < 4.78 is 16.6. The molecule has 0 saturated carbocycles. The highest BCUT2D eigenvalue weighted by atomic mass is 79.9. The standard InChI is InChI=1S/C16H13BrFN3/c1-11-10-21(13-5-3-2-4-6-13)16(19-11)20-15-9-12(17)7-8-14(15)18/h2-10H,1H3,(H,19,20). The van der Waals surface area contributed by atoms with Gasteiger partial charge in [-0.2, -0.15) is 0 Å². The molecule has 1 heterocycles. The summed E-state index contributed by atoms with van der Waals surface area (Å²) in [5.41, 5.74) is 2.21. The Labute approximate surface area is 130 Å². The second-order valence-electron chi connectivity index (χ2n) is 4.66. The third-order valence-corrected chi connectivity index (χ3v) is 3.53. The Balaban J connectivity index is 2.02. The van der Waals surface area contributed by atoms with Gasteiger partial charge in [-0.15, -0.1) is 0 Å². The van der Waals surface area contributed by atoms with Crippen LogP contribution in [-0.2, 0) is 0 Å². The number of hydrogen-bond acceptors (Lipinski definition) is 2. The number of aryl methyl sites for hydroxylation is 1. The predicted octanol–water partition coefficient (Wildman–Crippen LogP) is 4.83. The summed E-state index contributed by atoms with van der Waals surface area (Å²) >= 11 is 3.34. The van der Waals surface area contributed by atoms with Crippen LogP contribution in [0.1, 0.15) is 5.69 Å². The van der Waals surface area contributed by atoms with Crippen molar-refractivity contribution in [2.75, 3.05) is 5.32 Å². The van der Waals surface area contributed by atoms with Gasteiger partial charge in [0, 0.05) is 16.4 Å². The molecule has 2 aromatic carbocycles. The van der Waals surface area contributed by atoms with Gasteiger partial charge in [-0.05, 0) is 37.3 Å². The van der Waals surface area contributed by atoms with Crippen LogP contribution in [0.2, 0.25) is 0 Å². The van der Waals surface area contributed by atoms with E-state index in [2.05, 4.69) is 26.2 Å². The van der Waals surface area contributed by atoms with Gasteiger partial charge < -0.3 is 5.32 Å². The fourth-order valence-electron chi connectivity index (χ4n) is 2.09. The molecule has 0 fully saturated rings. The van der Waals surface area contributed by atoms with Crippen molar-refractivity contribution in [1.29, 1.82) is 0 Å². The number of anilines is 2. The normalized spacial score (nSPS) is 10.6. The summed E-state index contributed by atoms with van der Waals surface area (Å²) in [5, 5.41) is 3.05. The summed E-state index contributed by atoms with van der Waals surface area (Å²) in [6.45, 7) is 1.90. The van der Waals surface area contributed by atoms with Crippen LogP contribution in [0.4, 0.5) is 16.0 Å². The number of benzene rings is 2. The SMILES string of the molecule is Cc1cn(-c2ccccc2)c(Nc2cc(Br)ccc2F)n1. The Bertz CT molecular complexity index is 768. The molecular formula is C16H13BrFN3. The van der Waals surface area contributed by atoms with Crippen LogP contribution in [0.3, 0.4) is 0 Å². The van der Waals surface area contributed by atoms with E-state index in [1.54, 1.807) is 12.1 Å². The smallest absolute Gasteiger partial charge is 0.212 e. The summed E-state index contributed by atoms with van der Waals surface area (Å²) in [5.74, 6) is 0.258. The molecule has 0 unspecified atom stereocenters. The topological polar surface area (TPSA) is 29.9 Å². The Morgan fingerprint density at radius 2 is 1.90 bits per heavy atom. The molecule has 21 heavy (non-hydrogen) atoms. The minimum absolute atomic E-state index is 0.321. The molecule has 0 bridgehead atoms. The Kier molecular flexibility index (Phi) is 3.75. The Hall–Kier alpha value is -2.14. The fourth-order valence-corrected chi connectivity index (χ4v) is 2.45. The van der Waals surface area contributed by atoms with Gasteiger partial charge in [0.15, 0.2) is 0 Å². The van der Waals surface area contributed by atoms with E-state index < -0.39 is 0 Å². The average Bonchev–Trinajstić information content (AvgIpc) is 2.85. The maximum absolute atomic E-state index is 13.9. The number of imidazole rings is 1. The van der Waals surface area contributed by atoms with E-state index in [9.17, 15) is 4.39 Å². The molecule has 106 valence electrons. The molecule has 3 nitrogen and oxygen atoms in total. The summed E-state index contributed by atoms with van der Waals surface area (Å²) in [6.07, 6.45) is 1.91. The molecule has 1 N–H and O–H groups in total. The van der Waals surface area contributed by atoms with Crippen LogP contribution < -0.4 is 5.32 Å². The molecule has 5 heteroatoms. The second kappa shape index (κ2) is 5.69. The average molecular weight is 346 g/mol. The van der Waals surface area contributed by atoms with Crippen LogP contribution >= 0.6 is 15.9 Å². The first-order valence-corrected chi connectivity index (χ1v) is 7.26. The maximum atomic E-state index is 13.9. The van der Waals surface area contributed by atoms with Gasteiger partial charge in [0.2, 0.25) is 5.95 Å². The molecule has 0 radical (unpaired) electrons. The van der Waals surface area contributed by atoms with E-state index in [0.29, 0.717) is 11.6 Å². The third kappa shape index (κ3) is 2.97. The monoisotopic (exact) mass is 345 g/mol. The molecule has 0 spiro atoms. The van der Waals surface area contributed by atoms with Crippen molar-refractivity contribution in [3.63, 3.8) is 0 Å². The first kappa shape index (κ1) is 13.8.